The second kappa shape index (κ2) is 5.07. The minimum Gasteiger partial charge on any atom is -0.280 e. The normalized spacial score (nSPS) is 19.4. The van der Waals surface area contributed by atoms with Gasteiger partial charge in [0.2, 0.25) is 11.9 Å². The van der Waals surface area contributed by atoms with E-state index in [-0.39, 0.29) is 24.6 Å². The van der Waals surface area contributed by atoms with Crippen LogP contribution in [0, 0.1) is 16.0 Å². The molecule has 0 saturated carbocycles. The van der Waals surface area contributed by atoms with E-state index in [0.717, 1.165) is 17.3 Å². The lowest BCUT2D eigenvalue weighted by molar-refractivity contribution is -0.385. The molecule has 1 unspecified atom stereocenters. The molecule has 2 heterocycles. The third-order valence-electron chi connectivity index (χ3n) is 2.72. The number of anilines is 1. The predicted molar refractivity (Wildman–Crippen MR) is 64.0 cm³/mol. The zero-order valence-electron chi connectivity index (χ0n) is 9.97. The number of nitro groups is 1. The van der Waals surface area contributed by atoms with Gasteiger partial charge in [-0.15, -0.1) is 3.89 Å². The van der Waals surface area contributed by atoms with Crippen LogP contribution in [-0.2, 0) is 15.0 Å². The first-order chi connectivity index (χ1) is 9.26. The molecule has 1 atom stereocenters. The van der Waals surface area contributed by atoms with Crippen LogP contribution in [-0.4, -0.2) is 41.5 Å². The Hall–Kier alpha value is -2.17. The SMILES string of the molecule is O=C1CC(CS(=O)(=O)F)CN1c1ncc([N+](=O)[O-])cn1. The second-order valence-corrected chi connectivity index (χ2v) is 5.69. The molecule has 1 aromatic rings. The molecule has 0 aliphatic carbocycles. The number of hydrogen-bond donors (Lipinski definition) is 0. The summed E-state index contributed by atoms with van der Waals surface area (Å²) >= 11 is 0. The molecule has 0 radical (unpaired) electrons. The van der Waals surface area contributed by atoms with Crippen LogP contribution in [0.1, 0.15) is 6.42 Å². The third-order valence-corrected chi connectivity index (χ3v) is 3.59. The van der Waals surface area contributed by atoms with Gasteiger partial charge in [-0.05, 0) is 0 Å². The fraction of sp³-hybridized carbons (Fsp3) is 0.444. The molecule has 1 aliphatic heterocycles. The summed E-state index contributed by atoms with van der Waals surface area (Å²) < 4.78 is 33.7. The number of nitrogens with zero attached hydrogens (tertiary/aromatic N) is 4. The highest BCUT2D eigenvalue weighted by molar-refractivity contribution is 7.86. The Bertz CT molecular complexity index is 647. The number of carbonyl (C=O) groups excluding carboxylic acids is 1. The number of rotatable bonds is 4. The topological polar surface area (TPSA) is 123 Å². The molecule has 0 spiro atoms. The smallest absolute Gasteiger partial charge is 0.280 e. The van der Waals surface area contributed by atoms with E-state index in [2.05, 4.69) is 9.97 Å². The van der Waals surface area contributed by atoms with Gasteiger partial charge in [-0.2, -0.15) is 8.42 Å². The minimum absolute atomic E-state index is 0.0419. The monoisotopic (exact) mass is 304 g/mol. The standard InChI is InChI=1S/C9H9FN4O5S/c10-20(18,19)5-6-1-8(15)13(4-6)9-11-2-7(3-12-9)14(16)17/h2-3,6H,1,4-5H2. The Morgan fingerprint density at radius 2 is 2.05 bits per heavy atom. The van der Waals surface area contributed by atoms with Gasteiger partial charge in [0, 0.05) is 18.9 Å². The zero-order valence-corrected chi connectivity index (χ0v) is 10.8. The number of hydrogen-bond acceptors (Lipinski definition) is 7. The Labute approximate surface area is 112 Å². The molecule has 1 saturated heterocycles. The summed E-state index contributed by atoms with van der Waals surface area (Å²) in [6.07, 6.45) is 1.74. The summed E-state index contributed by atoms with van der Waals surface area (Å²) in [6.45, 7) is -0.0419. The third kappa shape index (κ3) is 3.23. The molecule has 9 nitrogen and oxygen atoms in total. The predicted octanol–water partition coefficient (Wildman–Crippen LogP) is 0.0370. The van der Waals surface area contributed by atoms with Crippen LogP contribution in [0.5, 0.6) is 0 Å². The van der Waals surface area contributed by atoms with E-state index in [0.29, 0.717) is 0 Å². The average molecular weight is 304 g/mol. The number of amides is 1. The first-order valence-corrected chi connectivity index (χ1v) is 7.00. The maximum Gasteiger partial charge on any atom is 0.305 e. The Balaban J connectivity index is 2.13. The molecule has 1 aromatic heterocycles. The molecule has 1 fully saturated rings. The van der Waals surface area contributed by atoms with Gasteiger partial charge in [-0.3, -0.25) is 19.8 Å². The zero-order chi connectivity index (χ0) is 14.9. The first kappa shape index (κ1) is 14.2. The summed E-state index contributed by atoms with van der Waals surface area (Å²) in [5.74, 6) is -1.95. The molecule has 0 bridgehead atoms. The Morgan fingerprint density at radius 3 is 2.55 bits per heavy atom. The lowest BCUT2D eigenvalue weighted by Crippen LogP contribution is -2.27. The van der Waals surface area contributed by atoms with Crippen molar-refractivity contribution in [3.05, 3.63) is 22.5 Å². The molecular formula is C9H9FN4O5S. The van der Waals surface area contributed by atoms with Gasteiger partial charge in [-0.25, -0.2) is 9.97 Å². The number of carbonyl (C=O) groups is 1. The van der Waals surface area contributed by atoms with Gasteiger partial charge >= 0.3 is 15.9 Å². The van der Waals surface area contributed by atoms with Crippen LogP contribution in [0.3, 0.4) is 0 Å². The van der Waals surface area contributed by atoms with Crippen molar-refractivity contribution < 1.29 is 22.0 Å². The van der Waals surface area contributed by atoms with E-state index in [4.69, 9.17) is 0 Å². The van der Waals surface area contributed by atoms with E-state index in [1.807, 2.05) is 0 Å². The maximum atomic E-state index is 12.6. The van der Waals surface area contributed by atoms with Crippen LogP contribution < -0.4 is 4.90 Å². The van der Waals surface area contributed by atoms with Crippen molar-refractivity contribution in [3.8, 4) is 0 Å². The summed E-state index contributed by atoms with van der Waals surface area (Å²) in [6, 6.07) is 0. The second-order valence-electron chi connectivity index (χ2n) is 4.28. The van der Waals surface area contributed by atoms with Gasteiger partial charge in [0.25, 0.3) is 0 Å². The van der Waals surface area contributed by atoms with E-state index < -0.39 is 32.7 Å². The van der Waals surface area contributed by atoms with Crippen molar-refractivity contribution in [2.24, 2.45) is 5.92 Å². The molecule has 0 aromatic carbocycles. The Kier molecular flexibility index (Phi) is 3.61. The van der Waals surface area contributed by atoms with Crippen molar-refractivity contribution in [1.82, 2.24) is 9.97 Å². The molecule has 1 amide bonds. The number of aromatic nitrogens is 2. The van der Waals surface area contributed by atoms with Crippen LogP contribution in [0.4, 0.5) is 15.5 Å². The van der Waals surface area contributed by atoms with E-state index in [1.54, 1.807) is 0 Å². The van der Waals surface area contributed by atoms with Crippen molar-refractivity contribution in [3.63, 3.8) is 0 Å². The molecule has 11 heteroatoms. The molecule has 2 rings (SSSR count). The van der Waals surface area contributed by atoms with Gasteiger partial charge in [0.15, 0.2) is 0 Å². The highest BCUT2D eigenvalue weighted by Crippen LogP contribution is 2.24. The lowest BCUT2D eigenvalue weighted by Gasteiger charge is -2.13. The highest BCUT2D eigenvalue weighted by Gasteiger charge is 2.35. The van der Waals surface area contributed by atoms with Crippen LogP contribution in [0.25, 0.3) is 0 Å². The summed E-state index contributed by atoms with van der Waals surface area (Å²) in [7, 11) is -4.66. The fourth-order valence-electron chi connectivity index (χ4n) is 1.92. The summed E-state index contributed by atoms with van der Waals surface area (Å²) in [5.41, 5.74) is -0.330. The minimum atomic E-state index is -4.66. The quantitative estimate of drug-likeness (QED) is 0.437. The fourth-order valence-corrected chi connectivity index (χ4v) is 2.70. The van der Waals surface area contributed by atoms with E-state index >= 15 is 0 Å². The van der Waals surface area contributed by atoms with E-state index in [1.165, 1.54) is 0 Å². The molecule has 0 N–H and O–H groups in total. The molecule has 1 aliphatic rings. The van der Waals surface area contributed by atoms with Crippen LogP contribution >= 0.6 is 0 Å². The highest BCUT2D eigenvalue weighted by atomic mass is 32.3. The van der Waals surface area contributed by atoms with Crippen molar-refractivity contribution in [2.75, 3.05) is 17.2 Å². The number of halogens is 1. The molecular weight excluding hydrogens is 295 g/mol. The van der Waals surface area contributed by atoms with Gasteiger partial charge in [0.1, 0.15) is 12.4 Å². The Morgan fingerprint density at radius 1 is 1.45 bits per heavy atom. The van der Waals surface area contributed by atoms with Crippen molar-refractivity contribution in [1.29, 1.82) is 0 Å². The van der Waals surface area contributed by atoms with Crippen LogP contribution in [0.15, 0.2) is 12.4 Å². The first-order valence-electron chi connectivity index (χ1n) is 5.45. The van der Waals surface area contributed by atoms with Crippen LogP contribution in [0.2, 0.25) is 0 Å². The lowest BCUT2D eigenvalue weighted by atomic mass is 10.1. The average Bonchev–Trinajstić information content (AvgIpc) is 2.67. The summed E-state index contributed by atoms with van der Waals surface area (Å²) in [5, 5.41) is 10.4. The van der Waals surface area contributed by atoms with Gasteiger partial charge < -0.3 is 0 Å². The molecule has 108 valence electrons. The van der Waals surface area contributed by atoms with Gasteiger partial charge in [-0.1, -0.05) is 0 Å². The van der Waals surface area contributed by atoms with E-state index in [9.17, 15) is 27.2 Å². The molecule has 20 heavy (non-hydrogen) atoms. The summed E-state index contributed by atoms with van der Waals surface area (Å²) in [4.78, 5) is 29.9. The largest absolute Gasteiger partial charge is 0.305 e. The maximum absolute atomic E-state index is 12.6. The van der Waals surface area contributed by atoms with Crippen molar-refractivity contribution >= 4 is 27.8 Å². The van der Waals surface area contributed by atoms with Crippen molar-refractivity contribution in [2.45, 2.75) is 6.42 Å². The van der Waals surface area contributed by atoms with Gasteiger partial charge in [0.05, 0.1) is 10.7 Å².